The highest BCUT2D eigenvalue weighted by molar-refractivity contribution is 5.85. The van der Waals surface area contributed by atoms with Crippen LogP contribution in [0.3, 0.4) is 0 Å². The van der Waals surface area contributed by atoms with Gasteiger partial charge in [0, 0.05) is 182 Å². The predicted octanol–water partition coefficient (Wildman–Crippen LogP) is 16.2. The maximum absolute atomic E-state index is 13.0. The Labute approximate surface area is 761 Å². The third-order valence-corrected chi connectivity index (χ3v) is 16.5. The third-order valence-electron chi connectivity index (χ3n) is 16.5. The van der Waals surface area contributed by atoms with E-state index in [0.29, 0.717) is 30.9 Å². The maximum atomic E-state index is 13.0. The summed E-state index contributed by atoms with van der Waals surface area (Å²) in [6.45, 7) is -31.7. The SMILES string of the molecule is [2H]c1c(C([2H])([2H])[2H])c([2H])n2c(CC(=O)N(C([2H])([2H])[2H])C([2H])([2H])[2H])c(-c3ccc(C)cc3)nc2c1[2H].[2H]c1c(C)c([2H])n2c(CC(=O)N(C([2H])([2H])[2H])C([2H])([2H])[2H])c(-c3ccc(C([2H])([2H])[2H])cc3)nc2c1[2H].[2H]c1c(C)c([2H])n2c(CC(=O)N(C([2H])([2H])[2H])C([2H])([2H])[2H])c(-c3ccc(C)cc3)nc2c1[2H].[2H]c1c([2H])c(C([2H])([2H])[2H])c([2H])c([2H])c1-c1nc2c([2H])c([2H])c(C([2H])([2H])[2H])c([2H])n2c1CC(=O)N(C)C([2H])([2H])[2H].[2H]c1c([2H])c(C([2H])([2H])[2H])c([2H])c([2H])c1-c1nc2c([2H])c([2H])c(C)c([2H])n2c1CC(=O)N(C)C([2H])([2H])[2H]. The summed E-state index contributed by atoms with van der Waals surface area (Å²) in [5.74, 6) is -5.87. The van der Waals surface area contributed by atoms with Gasteiger partial charge in [0.25, 0.3) is 0 Å². The molecule has 0 aliphatic carbocycles. The van der Waals surface area contributed by atoms with Crippen molar-refractivity contribution in [1.82, 2.24) is 71.4 Å². The van der Waals surface area contributed by atoms with E-state index in [1.54, 1.807) is 48.5 Å². The molecule has 590 valence electrons. The van der Waals surface area contributed by atoms with Crippen molar-refractivity contribution < 1.29 is 109 Å². The number of imidazole rings is 5. The Morgan fingerprint density at radius 3 is 0.713 bits per heavy atom. The van der Waals surface area contributed by atoms with Gasteiger partial charge in [0.15, 0.2) is 0 Å². The van der Waals surface area contributed by atoms with Crippen molar-refractivity contribution in [3.63, 3.8) is 0 Å². The maximum Gasteiger partial charge on any atom is 0.228 e. The lowest BCUT2D eigenvalue weighted by molar-refractivity contribution is -0.128. The van der Waals surface area contributed by atoms with Crippen LogP contribution >= 0.6 is 0 Å². The van der Waals surface area contributed by atoms with Crippen LogP contribution in [0.4, 0.5) is 0 Å². The number of pyridine rings is 5. The Morgan fingerprint density at radius 1 is 0.261 bits per heavy atom. The monoisotopic (exact) mass is 1600 g/mol. The van der Waals surface area contributed by atoms with Gasteiger partial charge in [-0.15, -0.1) is 0 Å². The Balaban J connectivity index is 0.000000206. The molecule has 20 heteroatoms. The lowest BCUT2D eigenvalue weighted by Crippen LogP contribution is -2.24. The fourth-order valence-electron chi connectivity index (χ4n) is 10.9. The zero-order valence-corrected chi connectivity index (χ0v) is 61.7. The van der Waals surface area contributed by atoms with Crippen LogP contribution in [0.1, 0.15) is 169 Å². The molecule has 0 radical (unpaired) electrons. The zero-order chi connectivity index (χ0) is 135. The van der Waals surface area contributed by atoms with E-state index < -0.39 is 293 Å². The molecule has 0 fully saturated rings. The van der Waals surface area contributed by atoms with Gasteiger partial charge in [0.1, 0.15) is 28.2 Å². The van der Waals surface area contributed by atoms with E-state index >= 15 is 0 Å². The largest absolute Gasteiger partial charge is 0.348 e. The first-order chi connectivity index (χ1) is 80.2. The molecule has 5 aromatic carbocycles. The van der Waals surface area contributed by atoms with E-state index in [2.05, 4.69) is 24.9 Å². The molecule has 20 nitrogen and oxygen atoms in total. The van der Waals surface area contributed by atoms with Crippen LogP contribution in [-0.2, 0) is 56.1 Å². The topological polar surface area (TPSA) is 188 Å². The fourth-order valence-corrected chi connectivity index (χ4v) is 10.9. The van der Waals surface area contributed by atoms with Crippen molar-refractivity contribution >= 4 is 57.8 Å². The minimum atomic E-state index is -3.31. The van der Waals surface area contributed by atoms with E-state index in [9.17, 15) is 24.0 Å². The normalized spacial score (nSPS) is 20.2. The number of carbonyl (C=O) groups is 5. The molecule has 0 aliphatic rings. The molecular weight excluding hydrogens is 1430 g/mol. The van der Waals surface area contributed by atoms with E-state index in [1.807, 2.05) is 13.8 Å². The first-order valence-electron chi connectivity index (χ1n) is 64.7. The Bertz CT molecular complexity index is 8960. The molecule has 0 saturated carbocycles. The number of rotatable bonds is 15. The number of aryl methyl sites for hydroxylation is 3. The summed E-state index contributed by atoms with van der Waals surface area (Å²) >= 11 is 0. The summed E-state index contributed by atoms with van der Waals surface area (Å²) in [5.41, 5.74) is -3.75. The number of hydrogen-bond donors (Lipinski definition) is 0. The molecule has 0 aliphatic heterocycles. The van der Waals surface area contributed by atoms with E-state index in [4.69, 9.17) is 85.0 Å². The fraction of sp³-hybridized carbons (Fsp3) is 0.263. The molecule has 15 aromatic rings. The second-order valence-electron chi connectivity index (χ2n) is 25.1. The van der Waals surface area contributed by atoms with Crippen molar-refractivity contribution in [3.8, 4) is 56.3 Å². The van der Waals surface area contributed by atoms with Crippen molar-refractivity contribution in [2.45, 2.75) is 101 Å². The molecule has 10 aromatic heterocycles. The van der Waals surface area contributed by atoms with Crippen molar-refractivity contribution in [2.75, 3.05) is 69.9 Å². The lowest BCUT2D eigenvalue weighted by atomic mass is 10.1. The van der Waals surface area contributed by atoms with Gasteiger partial charge < -0.3 is 46.5 Å². The third kappa shape index (κ3) is 20.0. The van der Waals surface area contributed by atoms with Crippen LogP contribution in [0, 0.1) is 68.9 Å². The van der Waals surface area contributed by atoms with Crippen LogP contribution in [0.2, 0.25) is 0 Å². The molecule has 15 rings (SSSR count). The number of likely N-dealkylation sites (N-methyl/N-ethyl adjacent to an activating group) is 5. The van der Waals surface area contributed by atoms with Gasteiger partial charge in [0.05, 0.1) is 121 Å². The zero-order valence-electron chi connectivity index (χ0n) is 124. The second-order valence-corrected chi connectivity index (χ2v) is 25.1. The molecule has 10 heterocycles. The first-order valence-corrected chi connectivity index (χ1v) is 33.7. The molecule has 0 spiro atoms. The number of carbonyl (C=O) groups excluding carboxylic acids is 5. The van der Waals surface area contributed by atoms with Gasteiger partial charge in [-0.3, -0.25) is 24.0 Å². The number of aromatic nitrogens is 10. The van der Waals surface area contributed by atoms with E-state index in [1.165, 1.54) is 49.4 Å². The highest BCUT2D eigenvalue weighted by Gasteiger charge is 2.24. The highest BCUT2D eigenvalue weighted by atomic mass is 16.2. The van der Waals surface area contributed by atoms with Crippen LogP contribution in [0.5, 0.6) is 0 Å². The second kappa shape index (κ2) is 36.2. The van der Waals surface area contributed by atoms with Crippen LogP contribution in [0.25, 0.3) is 84.5 Å². The molecule has 5 amide bonds. The van der Waals surface area contributed by atoms with E-state index in [0.717, 1.165) is 38.4 Å². The molecular formula is C95H105N15O5. The molecule has 0 unspecified atom stereocenters. The van der Waals surface area contributed by atoms with Gasteiger partial charge in [0.2, 0.25) is 29.5 Å². The van der Waals surface area contributed by atoms with Crippen LogP contribution in [-0.4, -0.2) is 171 Å². The summed E-state index contributed by atoms with van der Waals surface area (Å²) < 4.78 is 490. The summed E-state index contributed by atoms with van der Waals surface area (Å²) in [6.07, 6.45) is -6.41. The molecule has 115 heavy (non-hydrogen) atoms. The van der Waals surface area contributed by atoms with Crippen LogP contribution < -0.4 is 0 Å². The van der Waals surface area contributed by atoms with Crippen molar-refractivity contribution in [2.24, 2.45) is 0 Å². The summed E-state index contributed by atoms with van der Waals surface area (Å²) in [7, 11) is 1.98. The highest BCUT2D eigenvalue weighted by Crippen LogP contribution is 2.32. The molecule has 0 atom stereocenters. The smallest absolute Gasteiger partial charge is 0.228 e. The Hall–Kier alpha value is -13.1. The van der Waals surface area contributed by atoms with Crippen molar-refractivity contribution in [3.05, 3.63) is 297 Å². The van der Waals surface area contributed by atoms with Crippen LogP contribution in [0.15, 0.2) is 212 Å². The average Bonchev–Trinajstić information content (AvgIpc) is 1.70. The van der Waals surface area contributed by atoms with E-state index in [-0.39, 0.29) is 154 Å². The summed E-state index contributed by atoms with van der Waals surface area (Å²) in [5, 5.41) is 0. The number of amides is 5. The standard InChI is InChI=1S/5C19H21N3O/c5*1-13-5-8-15(9-6-13)19-16(11-18(23)21(3)4)22-12-14(2)7-10-17(22)20-19/h5*5-10,12H,11H2,1-4H3/i1D3,2D3,3D3,5D,6D,7D,8D,9D,10D,12D;1D3,3D3,5D,6D,7D,8D,9D,10D,12D;2D3,3D3,4D3,7D,10D,12D;1D3,3D3,4D3,7D,10D,12D;3D3,4D3,7D,10D,12D. The predicted molar refractivity (Wildman–Crippen MR) is 463 cm³/mol. The van der Waals surface area contributed by atoms with Gasteiger partial charge in [-0.1, -0.05) is 179 Å². The summed E-state index contributed by atoms with van der Waals surface area (Å²) in [4.78, 5) is 86.4. The van der Waals surface area contributed by atoms with Gasteiger partial charge in [-0.2, -0.15) is 0 Å². The van der Waals surface area contributed by atoms with Gasteiger partial charge in [-0.05, 0) is 127 Å². The molecule has 0 N–H and O–H groups in total. The molecule has 0 bridgehead atoms. The Morgan fingerprint density at radius 2 is 0.470 bits per heavy atom. The summed E-state index contributed by atoms with van der Waals surface area (Å²) in [6, 6.07) is 7.42. The van der Waals surface area contributed by atoms with Crippen molar-refractivity contribution in [1.29, 1.82) is 0 Å². The van der Waals surface area contributed by atoms with Gasteiger partial charge >= 0.3 is 0 Å². The number of nitrogens with zero attached hydrogens (tertiary/aromatic N) is 15. The minimum Gasteiger partial charge on any atom is -0.348 e. The lowest BCUT2D eigenvalue weighted by Gasteiger charge is -2.11. The minimum absolute atomic E-state index is 0.0264. The van der Waals surface area contributed by atoms with Gasteiger partial charge in [-0.25, -0.2) is 24.9 Å². The number of hydrogen-bond acceptors (Lipinski definition) is 10. The average molecular weight is 1600 g/mol. The quantitative estimate of drug-likeness (QED) is 0.0955. The molecule has 0 saturated heterocycles. The number of fused-ring (bicyclic) bond motifs is 5. The Kier molecular flexibility index (Phi) is 10.8. The number of benzene rings is 5. The first kappa shape index (κ1) is 34.3.